The zero-order valence-corrected chi connectivity index (χ0v) is 14.5. The number of carbonyl (C=O) groups excluding carboxylic acids is 2. The predicted molar refractivity (Wildman–Crippen MR) is 95.1 cm³/mol. The van der Waals surface area contributed by atoms with Gasteiger partial charge in [0.25, 0.3) is 0 Å². The van der Waals surface area contributed by atoms with Crippen LogP contribution in [0.3, 0.4) is 0 Å². The predicted octanol–water partition coefficient (Wildman–Crippen LogP) is 5.05. The van der Waals surface area contributed by atoms with E-state index in [2.05, 4.69) is 0 Å². The SMILES string of the molecule is O=C(Oc1cccc(Cl)c1)c1ccccc1C(=O)OC1CCCCC1. The van der Waals surface area contributed by atoms with Crippen molar-refractivity contribution < 1.29 is 19.1 Å². The zero-order chi connectivity index (χ0) is 17.6. The number of hydrogen-bond donors (Lipinski definition) is 0. The molecule has 0 radical (unpaired) electrons. The van der Waals surface area contributed by atoms with Crippen molar-refractivity contribution in [3.8, 4) is 5.75 Å². The average Bonchev–Trinajstić information content (AvgIpc) is 2.62. The molecule has 1 saturated carbocycles. The quantitative estimate of drug-likeness (QED) is 0.567. The Balaban J connectivity index is 1.75. The molecule has 0 heterocycles. The van der Waals surface area contributed by atoms with E-state index in [-0.39, 0.29) is 17.2 Å². The molecule has 0 spiro atoms. The number of halogens is 1. The van der Waals surface area contributed by atoms with Crippen LogP contribution in [0, 0.1) is 0 Å². The van der Waals surface area contributed by atoms with Gasteiger partial charge in [-0.05, 0) is 56.0 Å². The van der Waals surface area contributed by atoms with Crippen molar-refractivity contribution in [2.45, 2.75) is 38.2 Å². The number of benzene rings is 2. The van der Waals surface area contributed by atoms with E-state index in [0.29, 0.717) is 10.8 Å². The van der Waals surface area contributed by atoms with Gasteiger partial charge in [-0.1, -0.05) is 36.2 Å². The van der Waals surface area contributed by atoms with Crippen LogP contribution in [-0.2, 0) is 4.74 Å². The Labute approximate surface area is 151 Å². The second-order valence-corrected chi connectivity index (χ2v) is 6.49. The van der Waals surface area contributed by atoms with Crippen molar-refractivity contribution in [2.75, 3.05) is 0 Å². The van der Waals surface area contributed by atoms with Crippen LogP contribution in [0.5, 0.6) is 5.75 Å². The molecule has 0 N–H and O–H groups in total. The first kappa shape index (κ1) is 17.5. The van der Waals surface area contributed by atoms with Crippen molar-refractivity contribution in [1.29, 1.82) is 0 Å². The molecule has 25 heavy (non-hydrogen) atoms. The molecule has 0 amide bonds. The van der Waals surface area contributed by atoms with Gasteiger partial charge >= 0.3 is 11.9 Å². The lowest BCUT2D eigenvalue weighted by atomic mass is 9.97. The summed E-state index contributed by atoms with van der Waals surface area (Å²) in [6.45, 7) is 0. The third-order valence-corrected chi connectivity index (χ3v) is 4.43. The number of ether oxygens (including phenoxy) is 2. The fourth-order valence-electron chi connectivity index (χ4n) is 2.93. The molecule has 0 saturated heterocycles. The monoisotopic (exact) mass is 358 g/mol. The van der Waals surface area contributed by atoms with Gasteiger partial charge in [0.1, 0.15) is 11.9 Å². The Morgan fingerprint density at radius 3 is 2.24 bits per heavy atom. The fraction of sp³-hybridized carbons (Fsp3) is 0.300. The van der Waals surface area contributed by atoms with E-state index in [1.165, 1.54) is 6.42 Å². The molecular weight excluding hydrogens is 340 g/mol. The first-order valence-corrected chi connectivity index (χ1v) is 8.79. The molecule has 1 aliphatic rings. The molecule has 5 heteroatoms. The topological polar surface area (TPSA) is 52.6 Å². The molecule has 4 nitrogen and oxygen atoms in total. The van der Waals surface area contributed by atoms with Crippen LogP contribution in [-0.4, -0.2) is 18.0 Å². The van der Waals surface area contributed by atoms with E-state index in [0.717, 1.165) is 25.7 Å². The molecule has 2 aromatic carbocycles. The fourth-order valence-corrected chi connectivity index (χ4v) is 3.11. The summed E-state index contributed by atoms with van der Waals surface area (Å²) in [6.07, 6.45) is 4.99. The van der Waals surface area contributed by atoms with Crippen LogP contribution in [0.25, 0.3) is 0 Å². The minimum absolute atomic E-state index is 0.0711. The third kappa shape index (κ3) is 4.60. The van der Waals surface area contributed by atoms with Gasteiger partial charge in [0.15, 0.2) is 0 Å². The maximum absolute atomic E-state index is 12.5. The molecular formula is C20H19ClO4. The van der Waals surface area contributed by atoms with Gasteiger partial charge in [-0.2, -0.15) is 0 Å². The second kappa shape index (κ2) is 8.17. The molecule has 130 valence electrons. The van der Waals surface area contributed by atoms with Crippen LogP contribution >= 0.6 is 11.6 Å². The van der Waals surface area contributed by atoms with Crippen molar-refractivity contribution in [1.82, 2.24) is 0 Å². The average molecular weight is 359 g/mol. The Kier molecular flexibility index (Phi) is 5.71. The zero-order valence-electron chi connectivity index (χ0n) is 13.7. The third-order valence-electron chi connectivity index (χ3n) is 4.20. The molecule has 0 unspecified atom stereocenters. The molecule has 1 fully saturated rings. The molecule has 0 bridgehead atoms. The lowest BCUT2D eigenvalue weighted by Gasteiger charge is -2.22. The summed E-state index contributed by atoms with van der Waals surface area (Å²) in [5.74, 6) is -0.767. The van der Waals surface area contributed by atoms with Gasteiger partial charge in [0, 0.05) is 5.02 Å². The Morgan fingerprint density at radius 2 is 1.56 bits per heavy atom. The molecule has 0 aliphatic heterocycles. The van der Waals surface area contributed by atoms with Gasteiger partial charge in [0.2, 0.25) is 0 Å². The van der Waals surface area contributed by atoms with Crippen LogP contribution < -0.4 is 4.74 Å². The largest absolute Gasteiger partial charge is 0.459 e. The molecule has 0 atom stereocenters. The van der Waals surface area contributed by atoms with Gasteiger partial charge in [0.05, 0.1) is 11.1 Å². The maximum Gasteiger partial charge on any atom is 0.344 e. The van der Waals surface area contributed by atoms with Crippen LogP contribution in [0.1, 0.15) is 52.8 Å². The maximum atomic E-state index is 12.5. The Morgan fingerprint density at radius 1 is 0.880 bits per heavy atom. The summed E-state index contributed by atoms with van der Waals surface area (Å²) in [5, 5.41) is 0.468. The summed E-state index contributed by atoms with van der Waals surface area (Å²) in [4.78, 5) is 25.0. The number of carbonyl (C=O) groups is 2. The van der Waals surface area contributed by atoms with E-state index < -0.39 is 11.9 Å². The smallest absolute Gasteiger partial charge is 0.344 e. The lowest BCUT2D eigenvalue weighted by Crippen LogP contribution is -2.23. The molecule has 1 aliphatic carbocycles. The minimum atomic E-state index is -0.613. The summed E-state index contributed by atoms with van der Waals surface area (Å²) in [6, 6.07) is 13.1. The van der Waals surface area contributed by atoms with Gasteiger partial charge in [-0.25, -0.2) is 9.59 Å². The minimum Gasteiger partial charge on any atom is -0.459 e. The van der Waals surface area contributed by atoms with E-state index >= 15 is 0 Å². The highest BCUT2D eigenvalue weighted by atomic mass is 35.5. The summed E-state index contributed by atoms with van der Waals surface area (Å²) < 4.78 is 10.9. The van der Waals surface area contributed by atoms with Crippen molar-refractivity contribution in [3.63, 3.8) is 0 Å². The molecule has 2 aromatic rings. The Hall–Kier alpha value is -2.33. The molecule has 3 rings (SSSR count). The van der Waals surface area contributed by atoms with Gasteiger partial charge < -0.3 is 9.47 Å². The van der Waals surface area contributed by atoms with Crippen LogP contribution in [0.4, 0.5) is 0 Å². The van der Waals surface area contributed by atoms with Crippen molar-refractivity contribution in [2.24, 2.45) is 0 Å². The van der Waals surface area contributed by atoms with E-state index in [1.807, 2.05) is 0 Å². The number of hydrogen-bond acceptors (Lipinski definition) is 4. The number of rotatable bonds is 4. The van der Waals surface area contributed by atoms with E-state index in [1.54, 1.807) is 48.5 Å². The Bertz CT molecular complexity index is 766. The lowest BCUT2D eigenvalue weighted by molar-refractivity contribution is 0.0207. The first-order chi connectivity index (χ1) is 12.1. The van der Waals surface area contributed by atoms with E-state index in [9.17, 15) is 9.59 Å². The highest BCUT2D eigenvalue weighted by molar-refractivity contribution is 6.30. The molecule has 0 aromatic heterocycles. The highest BCUT2D eigenvalue weighted by Gasteiger charge is 2.23. The van der Waals surface area contributed by atoms with Crippen molar-refractivity contribution >= 4 is 23.5 Å². The van der Waals surface area contributed by atoms with Crippen LogP contribution in [0.2, 0.25) is 5.02 Å². The standard InChI is InChI=1S/C20H19ClO4/c21-14-7-6-10-16(13-14)25-20(23)18-12-5-4-11-17(18)19(22)24-15-8-2-1-3-9-15/h4-7,10-13,15H,1-3,8-9H2. The van der Waals surface area contributed by atoms with Gasteiger partial charge in [-0.3, -0.25) is 0 Å². The number of esters is 2. The van der Waals surface area contributed by atoms with E-state index in [4.69, 9.17) is 21.1 Å². The summed E-state index contributed by atoms with van der Waals surface area (Å²) in [5.41, 5.74) is 0.406. The van der Waals surface area contributed by atoms with Crippen LogP contribution in [0.15, 0.2) is 48.5 Å². The van der Waals surface area contributed by atoms with Gasteiger partial charge in [-0.15, -0.1) is 0 Å². The second-order valence-electron chi connectivity index (χ2n) is 6.06. The normalized spacial score (nSPS) is 14.8. The first-order valence-electron chi connectivity index (χ1n) is 8.41. The summed E-state index contributed by atoms with van der Waals surface area (Å²) in [7, 11) is 0. The van der Waals surface area contributed by atoms with Crippen molar-refractivity contribution in [3.05, 3.63) is 64.7 Å². The summed E-state index contributed by atoms with van der Waals surface area (Å²) >= 11 is 5.90. The highest BCUT2D eigenvalue weighted by Crippen LogP contribution is 2.23.